The summed E-state index contributed by atoms with van der Waals surface area (Å²) in [5, 5.41) is 6.34. The first-order valence-electron chi connectivity index (χ1n) is 11.0. The number of hydrogen-bond acceptors (Lipinski definition) is 5. The first-order valence-corrected chi connectivity index (χ1v) is 11.0. The van der Waals surface area contributed by atoms with Crippen LogP contribution in [0.5, 0.6) is 0 Å². The fourth-order valence-corrected chi connectivity index (χ4v) is 4.49. The van der Waals surface area contributed by atoms with Crippen LogP contribution in [-0.4, -0.2) is 41.0 Å². The third-order valence-corrected chi connectivity index (χ3v) is 6.05. The van der Waals surface area contributed by atoms with Gasteiger partial charge in [0.1, 0.15) is 5.69 Å². The molecule has 1 aromatic heterocycles. The summed E-state index contributed by atoms with van der Waals surface area (Å²) in [6, 6.07) is 8.45. The van der Waals surface area contributed by atoms with Crippen molar-refractivity contribution in [2.45, 2.75) is 64.0 Å². The number of benzene rings is 1. The summed E-state index contributed by atoms with van der Waals surface area (Å²) in [5.74, 6) is 0.0631. The Morgan fingerprint density at radius 2 is 1.83 bits per heavy atom. The maximum Gasteiger partial charge on any atom is 0.223 e. The highest BCUT2D eigenvalue weighted by molar-refractivity contribution is 5.73. The van der Waals surface area contributed by atoms with E-state index in [4.69, 9.17) is 0 Å². The highest BCUT2D eigenvalue weighted by Crippen LogP contribution is 2.28. The Labute approximate surface area is 177 Å². The van der Waals surface area contributed by atoms with Crippen molar-refractivity contribution in [3.63, 3.8) is 0 Å². The maximum absolute atomic E-state index is 14.6. The second-order valence-electron chi connectivity index (χ2n) is 8.38. The SMILES string of the molecule is CC(=O)N[C@H]1CC[C@H](Nc2ncc(F)c(-c3cccc(N4CCCCC4)c3)n2)CC1. The average molecular weight is 412 g/mol. The van der Waals surface area contributed by atoms with Gasteiger partial charge in [0, 0.05) is 43.3 Å². The minimum atomic E-state index is -0.411. The van der Waals surface area contributed by atoms with E-state index in [1.54, 1.807) is 6.92 Å². The Morgan fingerprint density at radius 1 is 1.10 bits per heavy atom. The highest BCUT2D eigenvalue weighted by Gasteiger charge is 2.22. The van der Waals surface area contributed by atoms with Crippen LogP contribution >= 0.6 is 0 Å². The van der Waals surface area contributed by atoms with E-state index in [-0.39, 0.29) is 18.0 Å². The lowest BCUT2D eigenvalue weighted by Gasteiger charge is -2.29. The fourth-order valence-electron chi connectivity index (χ4n) is 4.49. The summed E-state index contributed by atoms with van der Waals surface area (Å²) < 4.78 is 14.6. The van der Waals surface area contributed by atoms with Crippen molar-refractivity contribution in [2.75, 3.05) is 23.3 Å². The highest BCUT2D eigenvalue weighted by atomic mass is 19.1. The normalized spacial score (nSPS) is 21.9. The standard InChI is InChI=1S/C23H30FN5O/c1-16(30)26-18-8-10-19(11-9-18)27-23-25-15-21(24)22(28-23)17-6-5-7-20(14-17)29-12-3-2-4-13-29/h5-7,14-15,18-19H,2-4,8-13H2,1H3,(H,26,30)(H,25,27,28)/t18-,19-. The lowest BCUT2D eigenvalue weighted by Crippen LogP contribution is -2.39. The second-order valence-corrected chi connectivity index (χ2v) is 8.38. The lowest BCUT2D eigenvalue weighted by atomic mass is 9.91. The van der Waals surface area contributed by atoms with E-state index in [0.717, 1.165) is 50.0 Å². The van der Waals surface area contributed by atoms with Crippen molar-refractivity contribution < 1.29 is 9.18 Å². The van der Waals surface area contributed by atoms with Gasteiger partial charge in [-0.1, -0.05) is 12.1 Å². The first-order chi connectivity index (χ1) is 14.6. The van der Waals surface area contributed by atoms with Gasteiger partial charge in [0.25, 0.3) is 0 Å². The molecule has 0 unspecified atom stereocenters. The van der Waals surface area contributed by atoms with Crippen LogP contribution in [0.4, 0.5) is 16.0 Å². The van der Waals surface area contributed by atoms with E-state index in [1.807, 2.05) is 18.2 Å². The summed E-state index contributed by atoms with van der Waals surface area (Å²) >= 11 is 0. The number of rotatable bonds is 5. The van der Waals surface area contributed by atoms with Crippen LogP contribution in [0.1, 0.15) is 51.9 Å². The molecule has 0 atom stereocenters. The Bertz CT molecular complexity index is 876. The van der Waals surface area contributed by atoms with Gasteiger partial charge in [0.15, 0.2) is 5.82 Å². The molecule has 2 aromatic rings. The van der Waals surface area contributed by atoms with E-state index in [2.05, 4.69) is 31.6 Å². The van der Waals surface area contributed by atoms with E-state index in [1.165, 1.54) is 25.5 Å². The van der Waals surface area contributed by atoms with Crippen LogP contribution in [0.25, 0.3) is 11.3 Å². The van der Waals surface area contributed by atoms with Crippen LogP contribution in [0, 0.1) is 5.82 Å². The molecule has 4 rings (SSSR count). The van der Waals surface area contributed by atoms with E-state index >= 15 is 0 Å². The number of halogens is 1. The lowest BCUT2D eigenvalue weighted by molar-refractivity contribution is -0.119. The van der Waals surface area contributed by atoms with E-state index < -0.39 is 5.82 Å². The van der Waals surface area contributed by atoms with Gasteiger partial charge in [-0.05, 0) is 57.1 Å². The number of aromatic nitrogens is 2. The van der Waals surface area contributed by atoms with Crippen LogP contribution in [0.15, 0.2) is 30.5 Å². The number of nitrogens with zero attached hydrogens (tertiary/aromatic N) is 3. The molecule has 1 aliphatic heterocycles. The second kappa shape index (κ2) is 9.41. The van der Waals surface area contributed by atoms with Crippen LogP contribution in [0.3, 0.4) is 0 Å². The van der Waals surface area contributed by atoms with Gasteiger partial charge in [-0.2, -0.15) is 0 Å². The predicted octanol–water partition coefficient (Wildman–Crippen LogP) is 4.13. The van der Waals surface area contributed by atoms with Crippen molar-refractivity contribution >= 4 is 17.5 Å². The molecule has 1 aromatic carbocycles. The van der Waals surface area contributed by atoms with Gasteiger partial charge in [0.2, 0.25) is 11.9 Å². The van der Waals surface area contributed by atoms with Crippen molar-refractivity contribution in [3.8, 4) is 11.3 Å². The minimum Gasteiger partial charge on any atom is -0.372 e. The van der Waals surface area contributed by atoms with Crippen molar-refractivity contribution in [3.05, 3.63) is 36.3 Å². The zero-order chi connectivity index (χ0) is 20.9. The molecule has 2 heterocycles. The summed E-state index contributed by atoms with van der Waals surface area (Å²) in [5.41, 5.74) is 2.23. The van der Waals surface area contributed by atoms with Gasteiger partial charge in [0.05, 0.1) is 6.20 Å². The molecule has 0 spiro atoms. The largest absolute Gasteiger partial charge is 0.372 e. The van der Waals surface area contributed by atoms with Gasteiger partial charge in [-0.25, -0.2) is 14.4 Å². The van der Waals surface area contributed by atoms with Gasteiger partial charge >= 0.3 is 0 Å². The molecular weight excluding hydrogens is 381 g/mol. The molecule has 1 aliphatic carbocycles. The molecule has 30 heavy (non-hydrogen) atoms. The molecule has 1 saturated heterocycles. The molecule has 0 radical (unpaired) electrons. The van der Waals surface area contributed by atoms with Crippen LogP contribution < -0.4 is 15.5 Å². The van der Waals surface area contributed by atoms with Gasteiger partial charge in [-0.3, -0.25) is 4.79 Å². The molecular formula is C23H30FN5O. The Morgan fingerprint density at radius 3 is 2.57 bits per heavy atom. The molecule has 1 saturated carbocycles. The topological polar surface area (TPSA) is 70.2 Å². The van der Waals surface area contributed by atoms with E-state index in [0.29, 0.717) is 11.6 Å². The van der Waals surface area contributed by atoms with Gasteiger partial charge in [-0.15, -0.1) is 0 Å². The Balaban J connectivity index is 1.45. The number of carbonyl (C=O) groups excluding carboxylic acids is 1. The molecule has 160 valence electrons. The minimum absolute atomic E-state index is 0.0182. The molecule has 2 N–H and O–H groups in total. The third-order valence-electron chi connectivity index (χ3n) is 6.05. The number of amides is 1. The fraction of sp³-hybridized carbons (Fsp3) is 0.522. The number of hydrogen-bond donors (Lipinski definition) is 2. The average Bonchev–Trinajstić information content (AvgIpc) is 2.77. The summed E-state index contributed by atoms with van der Waals surface area (Å²) in [6.45, 7) is 3.64. The number of anilines is 2. The van der Waals surface area contributed by atoms with Crippen molar-refractivity contribution in [1.29, 1.82) is 0 Å². The third kappa shape index (κ3) is 5.07. The smallest absolute Gasteiger partial charge is 0.223 e. The molecule has 6 nitrogen and oxygen atoms in total. The number of carbonyl (C=O) groups is 1. The zero-order valence-corrected chi connectivity index (χ0v) is 17.5. The Kier molecular flexibility index (Phi) is 6.45. The first kappa shape index (κ1) is 20.6. The zero-order valence-electron chi connectivity index (χ0n) is 17.5. The van der Waals surface area contributed by atoms with Crippen molar-refractivity contribution in [1.82, 2.24) is 15.3 Å². The monoisotopic (exact) mass is 411 g/mol. The summed E-state index contributed by atoms with van der Waals surface area (Å²) in [6.07, 6.45) is 8.61. The van der Waals surface area contributed by atoms with Crippen LogP contribution in [0.2, 0.25) is 0 Å². The summed E-state index contributed by atoms with van der Waals surface area (Å²) in [4.78, 5) is 22.3. The van der Waals surface area contributed by atoms with E-state index in [9.17, 15) is 9.18 Å². The Hall–Kier alpha value is -2.70. The molecule has 1 amide bonds. The number of piperidine rings is 1. The predicted molar refractivity (Wildman–Crippen MR) is 117 cm³/mol. The quantitative estimate of drug-likeness (QED) is 0.774. The number of nitrogens with one attached hydrogen (secondary N) is 2. The maximum atomic E-state index is 14.6. The van der Waals surface area contributed by atoms with Crippen LogP contribution in [-0.2, 0) is 4.79 Å². The van der Waals surface area contributed by atoms with Gasteiger partial charge < -0.3 is 15.5 Å². The summed E-state index contributed by atoms with van der Waals surface area (Å²) in [7, 11) is 0. The van der Waals surface area contributed by atoms with Crippen molar-refractivity contribution in [2.24, 2.45) is 0 Å². The molecule has 7 heteroatoms. The molecule has 2 fully saturated rings. The molecule has 0 bridgehead atoms. The molecule has 2 aliphatic rings.